The van der Waals surface area contributed by atoms with Crippen LogP contribution in [0, 0.1) is 0 Å². The SMILES string of the molecule is CC(C)c1cc2c(cc1C(C)C)N(C(=O)CN1CCN(C)CC1)c1ncccc1C(=O)N2. The van der Waals surface area contributed by atoms with E-state index in [0.29, 0.717) is 35.2 Å². The number of hydrogen-bond donors (Lipinski definition) is 1. The number of nitrogens with zero attached hydrogens (tertiary/aromatic N) is 4. The summed E-state index contributed by atoms with van der Waals surface area (Å²) in [6.07, 6.45) is 1.64. The van der Waals surface area contributed by atoms with Crippen LogP contribution >= 0.6 is 0 Å². The first-order chi connectivity index (χ1) is 15.3. The number of carbonyl (C=O) groups excluding carboxylic acids is 2. The Morgan fingerprint density at radius 2 is 1.72 bits per heavy atom. The predicted molar refractivity (Wildman–Crippen MR) is 128 cm³/mol. The van der Waals surface area contributed by atoms with Crippen LogP contribution in [0.5, 0.6) is 0 Å². The molecule has 7 heteroatoms. The fourth-order valence-electron chi connectivity index (χ4n) is 4.48. The number of hydrogen-bond acceptors (Lipinski definition) is 5. The molecule has 1 fully saturated rings. The second-order valence-corrected chi connectivity index (χ2v) is 9.44. The number of rotatable bonds is 4. The summed E-state index contributed by atoms with van der Waals surface area (Å²) in [5, 5.41) is 3.04. The van der Waals surface area contributed by atoms with Crippen molar-refractivity contribution >= 4 is 29.0 Å². The molecule has 170 valence electrons. The van der Waals surface area contributed by atoms with E-state index in [1.807, 2.05) is 6.07 Å². The van der Waals surface area contributed by atoms with Gasteiger partial charge in [-0.15, -0.1) is 0 Å². The van der Waals surface area contributed by atoms with Crippen LogP contribution in [0.3, 0.4) is 0 Å². The third kappa shape index (κ3) is 4.27. The van der Waals surface area contributed by atoms with Gasteiger partial charge in [-0.05, 0) is 54.3 Å². The van der Waals surface area contributed by atoms with Gasteiger partial charge in [0.2, 0.25) is 5.91 Å². The molecule has 7 nitrogen and oxygen atoms in total. The summed E-state index contributed by atoms with van der Waals surface area (Å²) in [4.78, 5) is 37.4. The molecule has 2 aromatic rings. The van der Waals surface area contributed by atoms with Gasteiger partial charge in [0.15, 0.2) is 5.82 Å². The summed E-state index contributed by atoms with van der Waals surface area (Å²) in [6.45, 7) is 12.5. The van der Waals surface area contributed by atoms with E-state index in [-0.39, 0.29) is 17.7 Å². The summed E-state index contributed by atoms with van der Waals surface area (Å²) in [6, 6.07) is 7.57. The largest absolute Gasteiger partial charge is 0.320 e. The van der Waals surface area contributed by atoms with Gasteiger partial charge < -0.3 is 10.2 Å². The minimum atomic E-state index is -0.240. The van der Waals surface area contributed by atoms with Crippen molar-refractivity contribution in [3.05, 3.63) is 47.2 Å². The highest BCUT2D eigenvalue weighted by Gasteiger charge is 2.33. The zero-order chi connectivity index (χ0) is 23.0. The Bertz CT molecular complexity index is 1020. The highest BCUT2D eigenvalue weighted by molar-refractivity contribution is 6.17. The van der Waals surface area contributed by atoms with E-state index in [2.05, 4.69) is 60.9 Å². The van der Waals surface area contributed by atoms with Crippen LogP contribution in [0.25, 0.3) is 0 Å². The van der Waals surface area contributed by atoms with Crippen molar-refractivity contribution in [2.45, 2.75) is 39.5 Å². The Morgan fingerprint density at radius 3 is 2.38 bits per heavy atom. The molecule has 1 aromatic heterocycles. The Labute approximate surface area is 190 Å². The Balaban J connectivity index is 1.82. The van der Waals surface area contributed by atoms with E-state index in [0.717, 1.165) is 26.2 Å². The molecule has 2 aliphatic heterocycles. The maximum atomic E-state index is 13.7. The lowest BCUT2D eigenvalue weighted by Crippen LogP contribution is -2.48. The van der Waals surface area contributed by atoms with E-state index < -0.39 is 0 Å². The van der Waals surface area contributed by atoms with Gasteiger partial charge >= 0.3 is 0 Å². The van der Waals surface area contributed by atoms with Gasteiger partial charge in [0, 0.05) is 32.4 Å². The fraction of sp³-hybridized carbons (Fsp3) is 0.480. The minimum Gasteiger partial charge on any atom is -0.320 e. The number of pyridine rings is 1. The molecule has 0 atom stereocenters. The van der Waals surface area contributed by atoms with Crippen molar-refractivity contribution in [3.63, 3.8) is 0 Å². The monoisotopic (exact) mass is 435 g/mol. The molecule has 0 saturated carbocycles. The van der Waals surface area contributed by atoms with Crippen LogP contribution in [-0.4, -0.2) is 66.4 Å². The Hall–Kier alpha value is -2.77. The van der Waals surface area contributed by atoms with Crippen LogP contribution in [0.2, 0.25) is 0 Å². The first kappa shape index (κ1) is 22.4. The summed E-state index contributed by atoms with van der Waals surface area (Å²) < 4.78 is 0. The second-order valence-electron chi connectivity index (χ2n) is 9.44. The van der Waals surface area contributed by atoms with Gasteiger partial charge in [-0.1, -0.05) is 27.7 Å². The van der Waals surface area contributed by atoms with Crippen LogP contribution in [-0.2, 0) is 4.79 Å². The van der Waals surface area contributed by atoms with E-state index in [4.69, 9.17) is 0 Å². The van der Waals surface area contributed by atoms with Gasteiger partial charge in [0.25, 0.3) is 5.91 Å². The number of piperazine rings is 1. The maximum Gasteiger partial charge on any atom is 0.259 e. The van der Waals surface area contributed by atoms with Gasteiger partial charge in [0.1, 0.15) is 0 Å². The number of carbonyl (C=O) groups is 2. The molecule has 0 spiro atoms. The lowest BCUT2D eigenvalue weighted by Gasteiger charge is -2.33. The molecule has 0 aliphatic carbocycles. The normalized spacial score (nSPS) is 17.2. The second kappa shape index (κ2) is 9.00. The number of fused-ring (bicyclic) bond motifs is 2. The van der Waals surface area contributed by atoms with Crippen LogP contribution < -0.4 is 10.2 Å². The third-order valence-electron chi connectivity index (χ3n) is 6.38. The van der Waals surface area contributed by atoms with Crippen molar-refractivity contribution in [2.75, 3.05) is 50.0 Å². The standard InChI is InChI=1S/C25H33N5O2/c1-16(2)19-13-21-22(14-20(19)17(3)4)30(23(31)15-29-11-9-28(5)10-12-29)24-18(25(32)27-21)7-6-8-26-24/h6-8,13-14,16-17H,9-12,15H2,1-5H3,(H,27,32). The first-order valence-corrected chi connectivity index (χ1v) is 11.4. The number of nitrogens with one attached hydrogen (secondary N) is 1. The number of likely N-dealkylation sites (N-methyl/N-ethyl adjacent to an activating group) is 1. The Kier molecular flexibility index (Phi) is 6.31. The maximum absolute atomic E-state index is 13.7. The molecule has 0 radical (unpaired) electrons. The highest BCUT2D eigenvalue weighted by atomic mass is 16.2. The zero-order valence-electron chi connectivity index (χ0n) is 19.7. The van der Waals surface area contributed by atoms with E-state index in [1.54, 1.807) is 23.2 Å². The van der Waals surface area contributed by atoms with Crippen molar-refractivity contribution in [1.29, 1.82) is 0 Å². The van der Waals surface area contributed by atoms with Crippen molar-refractivity contribution < 1.29 is 9.59 Å². The van der Waals surface area contributed by atoms with Gasteiger partial charge in [-0.3, -0.25) is 19.4 Å². The average molecular weight is 436 g/mol. The van der Waals surface area contributed by atoms with Crippen LogP contribution in [0.1, 0.15) is 61.0 Å². The summed E-state index contributed by atoms with van der Waals surface area (Å²) in [5.74, 6) is 0.674. The molecule has 32 heavy (non-hydrogen) atoms. The molecule has 2 amide bonds. The molecule has 3 heterocycles. The van der Waals surface area contributed by atoms with Crippen molar-refractivity contribution in [2.24, 2.45) is 0 Å². The number of amides is 2. The molecule has 4 rings (SSSR count). The average Bonchev–Trinajstić information content (AvgIpc) is 2.88. The lowest BCUT2D eigenvalue weighted by atomic mass is 9.89. The van der Waals surface area contributed by atoms with Gasteiger partial charge in [-0.25, -0.2) is 4.98 Å². The first-order valence-electron chi connectivity index (χ1n) is 11.4. The summed E-state index contributed by atoms with van der Waals surface area (Å²) in [7, 11) is 2.10. The summed E-state index contributed by atoms with van der Waals surface area (Å²) >= 11 is 0. The van der Waals surface area contributed by atoms with Crippen molar-refractivity contribution in [1.82, 2.24) is 14.8 Å². The molecule has 1 aromatic carbocycles. The van der Waals surface area contributed by atoms with E-state index in [9.17, 15) is 9.59 Å². The number of benzene rings is 1. The summed E-state index contributed by atoms with van der Waals surface area (Å²) in [5.41, 5.74) is 4.14. The molecule has 2 aliphatic rings. The van der Waals surface area contributed by atoms with Gasteiger partial charge in [0.05, 0.1) is 23.5 Å². The topological polar surface area (TPSA) is 68.8 Å². The number of anilines is 3. The molecular formula is C25H33N5O2. The van der Waals surface area contributed by atoms with Crippen LogP contribution in [0.15, 0.2) is 30.5 Å². The van der Waals surface area contributed by atoms with E-state index in [1.165, 1.54) is 11.1 Å². The molecule has 1 N–H and O–H groups in total. The quantitative estimate of drug-likeness (QED) is 0.791. The van der Waals surface area contributed by atoms with Gasteiger partial charge in [-0.2, -0.15) is 0 Å². The smallest absolute Gasteiger partial charge is 0.259 e. The number of aromatic nitrogens is 1. The lowest BCUT2D eigenvalue weighted by molar-refractivity contribution is -0.119. The molecular weight excluding hydrogens is 402 g/mol. The highest BCUT2D eigenvalue weighted by Crippen LogP contribution is 2.41. The van der Waals surface area contributed by atoms with Crippen LogP contribution in [0.4, 0.5) is 17.2 Å². The fourth-order valence-corrected chi connectivity index (χ4v) is 4.48. The Morgan fingerprint density at radius 1 is 1.06 bits per heavy atom. The minimum absolute atomic E-state index is 0.0701. The molecule has 0 unspecified atom stereocenters. The molecule has 1 saturated heterocycles. The predicted octanol–water partition coefficient (Wildman–Crippen LogP) is 3.81. The third-order valence-corrected chi connectivity index (χ3v) is 6.38. The van der Waals surface area contributed by atoms with E-state index >= 15 is 0 Å². The zero-order valence-corrected chi connectivity index (χ0v) is 19.7. The molecule has 0 bridgehead atoms. The van der Waals surface area contributed by atoms with Crippen molar-refractivity contribution in [3.8, 4) is 0 Å².